The fourth-order valence-electron chi connectivity index (χ4n) is 2.66. The maximum absolute atomic E-state index is 10.1. The van der Waals surface area contributed by atoms with Gasteiger partial charge in [-0.25, -0.2) is 0 Å². The molecule has 100 valence electrons. The van der Waals surface area contributed by atoms with Crippen LogP contribution in [0.2, 0.25) is 0 Å². The predicted molar refractivity (Wildman–Crippen MR) is 79.0 cm³/mol. The molecule has 1 aromatic carbocycles. The van der Waals surface area contributed by atoms with E-state index in [2.05, 4.69) is 41.9 Å². The molecule has 0 aliphatic heterocycles. The molecule has 2 rings (SSSR count). The smallest absolute Gasteiger partial charge is 0.0693 e. The van der Waals surface area contributed by atoms with Crippen molar-refractivity contribution in [2.45, 2.75) is 43.9 Å². The molecule has 2 N–H and O–H groups in total. The van der Waals surface area contributed by atoms with E-state index in [0.717, 1.165) is 25.0 Å². The molecule has 0 bridgehead atoms. The number of hydrogen-bond acceptors (Lipinski definition) is 3. The van der Waals surface area contributed by atoms with Crippen molar-refractivity contribution in [3.05, 3.63) is 35.9 Å². The summed E-state index contributed by atoms with van der Waals surface area (Å²) < 4.78 is 0. The maximum atomic E-state index is 10.1. The zero-order valence-corrected chi connectivity index (χ0v) is 11.8. The summed E-state index contributed by atoms with van der Waals surface area (Å²) in [7, 11) is 0. The summed E-state index contributed by atoms with van der Waals surface area (Å²) in [6.45, 7) is 0. The number of hydrogen-bond donors (Lipinski definition) is 2. The predicted octanol–water partition coefficient (Wildman–Crippen LogP) is 2.98. The lowest BCUT2D eigenvalue weighted by atomic mass is 9.91. The van der Waals surface area contributed by atoms with Crippen molar-refractivity contribution in [2.75, 3.05) is 12.0 Å². The first-order valence-electron chi connectivity index (χ1n) is 6.79. The van der Waals surface area contributed by atoms with Gasteiger partial charge in [0.05, 0.1) is 6.10 Å². The summed E-state index contributed by atoms with van der Waals surface area (Å²) in [4.78, 5) is 0. The molecule has 0 unspecified atom stereocenters. The molecule has 18 heavy (non-hydrogen) atoms. The average Bonchev–Trinajstić information content (AvgIpc) is 2.42. The van der Waals surface area contributed by atoms with E-state index < -0.39 is 0 Å². The molecule has 0 aromatic heterocycles. The van der Waals surface area contributed by atoms with E-state index in [-0.39, 0.29) is 12.1 Å². The van der Waals surface area contributed by atoms with E-state index >= 15 is 0 Å². The maximum Gasteiger partial charge on any atom is 0.0693 e. The van der Waals surface area contributed by atoms with E-state index in [1.165, 1.54) is 12.0 Å². The second-order valence-electron chi connectivity index (χ2n) is 5.04. The highest BCUT2D eigenvalue weighted by Gasteiger charge is 2.25. The van der Waals surface area contributed by atoms with Crippen molar-refractivity contribution >= 4 is 11.8 Å². The van der Waals surface area contributed by atoms with Crippen molar-refractivity contribution < 1.29 is 5.11 Å². The first-order valence-corrected chi connectivity index (χ1v) is 8.18. The zero-order valence-electron chi connectivity index (χ0n) is 11.0. The zero-order chi connectivity index (χ0) is 12.8. The van der Waals surface area contributed by atoms with E-state index in [4.69, 9.17) is 0 Å². The van der Waals surface area contributed by atoms with E-state index in [1.807, 2.05) is 11.8 Å². The Kier molecular flexibility index (Phi) is 5.54. The minimum Gasteiger partial charge on any atom is -0.392 e. The molecule has 0 radical (unpaired) electrons. The Morgan fingerprint density at radius 1 is 1.28 bits per heavy atom. The number of nitrogens with one attached hydrogen (secondary N) is 1. The quantitative estimate of drug-likeness (QED) is 0.858. The molecule has 0 amide bonds. The molecular weight excluding hydrogens is 242 g/mol. The highest BCUT2D eigenvalue weighted by atomic mass is 32.2. The molecule has 1 aromatic rings. The lowest BCUT2D eigenvalue weighted by Gasteiger charge is -2.32. The van der Waals surface area contributed by atoms with Gasteiger partial charge in [-0.2, -0.15) is 11.8 Å². The van der Waals surface area contributed by atoms with Crippen molar-refractivity contribution in [3.8, 4) is 0 Å². The Labute approximate surface area is 114 Å². The topological polar surface area (TPSA) is 32.3 Å². The largest absolute Gasteiger partial charge is 0.392 e. The third kappa shape index (κ3) is 3.74. The van der Waals surface area contributed by atoms with Gasteiger partial charge in [0.25, 0.3) is 0 Å². The van der Waals surface area contributed by atoms with E-state index in [9.17, 15) is 5.11 Å². The molecule has 1 fully saturated rings. The number of benzene rings is 1. The summed E-state index contributed by atoms with van der Waals surface area (Å²) >= 11 is 1.85. The summed E-state index contributed by atoms with van der Waals surface area (Å²) in [5, 5.41) is 13.7. The van der Waals surface area contributed by atoms with Crippen LogP contribution in [0.15, 0.2) is 30.3 Å². The molecule has 3 heteroatoms. The van der Waals surface area contributed by atoms with Gasteiger partial charge >= 0.3 is 0 Å². The summed E-state index contributed by atoms with van der Waals surface area (Å²) in [6, 6.07) is 11.2. The van der Waals surface area contributed by atoms with Crippen LogP contribution in [0.3, 0.4) is 0 Å². The first-order chi connectivity index (χ1) is 8.81. The number of aliphatic hydroxyl groups is 1. The lowest BCUT2D eigenvalue weighted by Crippen LogP contribution is -2.44. The molecule has 0 spiro atoms. The van der Waals surface area contributed by atoms with Crippen molar-refractivity contribution in [1.29, 1.82) is 0 Å². The second-order valence-corrected chi connectivity index (χ2v) is 5.95. The van der Waals surface area contributed by atoms with Crippen LogP contribution in [0.5, 0.6) is 0 Å². The lowest BCUT2D eigenvalue weighted by molar-refractivity contribution is 0.0863. The van der Waals surface area contributed by atoms with Crippen LogP contribution in [-0.4, -0.2) is 29.3 Å². The molecule has 1 aliphatic rings. The third-order valence-electron chi connectivity index (χ3n) is 3.68. The number of aliphatic hydroxyl groups excluding tert-OH is 1. The van der Waals surface area contributed by atoms with Crippen LogP contribution in [0.1, 0.15) is 37.3 Å². The Morgan fingerprint density at radius 2 is 2.00 bits per heavy atom. The number of thioether (sulfide) groups is 1. The fourth-order valence-corrected chi connectivity index (χ4v) is 3.28. The first kappa shape index (κ1) is 13.9. The Balaban J connectivity index is 2.01. The van der Waals surface area contributed by atoms with Crippen molar-refractivity contribution in [3.63, 3.8) is 0 Å². The van der Waals surface area contributed by atoms with Gasteiger partial charge in [0.15, 0.2) is 0 Å². The molecule has 0 saturated heterocycles. The van der Waals surface area contributed by atoms with Gasteiger partial charge in [-0.3, -0.25) is 0 Å². The Bertz CT molecular complexity index is 344. The minimum atomic E-state index is -0.174. The van der Waals surface area contributed by atoms with Crippen LogP contribution in [0.4, 0.5) is 0 Å². The Hall–Kier alpha value is -0.510. The van der Waals surface area contributed by atoms with E-state index in [1.54, 1.807) is 0 Å². The van der Waals surface area contributed by atoms with Gasteiger partial charge in [-0.05, 0) is 24.7 Å². The summed E-state index contributed by atoms with van der Waals surface area (Å²) in [5.41, 5.74) is 1.32. The SMILES string of the molecule is CSC[C@H](N[C@@H]1CCCC[C@@H]1O)c1ccccc1. The van der Waals surface area contributed by atoms with E-state index in [0.29, 0.717) is 6.04 Å². The monoisotopic (exact) mass is 265 g/mol. The summed E-state index contributed by atoms with van der Waals surface area (Å²) in [6.07, 6.45) is 6.39. The van der Waals surface area contributed by atoms with Gasteiger partial charge in [0.2, 0.25) is 0 Å². The van der Waals surface area contributed by atoms with Crippen LogP contribution in [0, 0.1) is 0 Å². The molecule has 2 nitrogen and oxygen atoms in total. The molecule has 1 aliphatic carbocycles. The van der Waals surface area contributed by atoms with Crippen molar-refractivity contribution in [1.82, 2.24) is 5.32 Å². The van der Waals surface area contributed by atoms with Crippen LogP contribution in [-0.2, 0) is 0 Å². The van der Waals surface area contributed by atoms with Crippen LogP contribution in [0.25, 0.3) is 0 Å². The average molecular weight is 265 g/mol. The van der Waals surface area contributed by atoms with Crippen LogP contribution < -0.4 is 5.32 Å². The van der Waals surface area contributed by atoms with Gasteiger partial charge in [-0.1, -0.05) is 43.2 Å². The highest BCUT2D eigenvalue weighted by molar-refractivity contribution is 7.98. The van der Waals surface area contributed by atoms with Crippen LogP contribution >= 0.6 is 11.8 Å². The molecule has 3 atom stereocenters. The normalized spacial score (nSPS) is 25.9. The molecular formula is C15H23NOS. The Morgan fingerprint density at radius 3 is 2.67 bits per heavy atom. The summed E-state index contributed by atoms with van der Waals surface area (Å²) in [5.74, 6) is 1.05. The number of rotatable bonds is 5. The fraction of sp³-hybridized carbons (Fsp3) is 0.600. The van der Waals surface area contributed by atoms with Gasteiger partial charge in [0.1, 0.15) is 0 Å². The minimum absolute atomic E-state index is 0.174. The standard InChI is InChI=1S/C15H23NOS/c1-18-11-14(12-7-3-2-4-8-12)16-13-9-5-6-10-15(13)17/h2-4,7-8,13-17H,5-6,9-11H2,1H3/t13-,14+,15+/m1/s1. The molecule has 1 saturated carbocycles. The van der Waals surface area contributed by atoms with Gasteiger partial charge in [0, 0.05) is 17.8 Å². The highest BCUT2D eigenvalue weighted by Crippen LogP contribution is 2.23. The molecule has 0 heterocycles. The second kappa shape index (κ2) is 7.17. The van der Waals surface area contributed by atoms with Crippen molar-refractivity contribution in [2.24, 2.45) is 0 Å². The third-order valence-corrected chi connectivity index (χ3v) is 4.35. The van der Waals surface area contributed by atoms with Gasteiger partial charge < -0.3 is 10.4 Å². The van der Waals surface area contributed by atoms with Gasteiger partial charge in [-0.15, -0.1) is 0 Å².